The van der Waals surface area contributed by atoms with Crippen LogP contribution in [0.5, 0.6) is 11.5 Å². The molecule has 7 rings (SSSR count). The maximum atomic E-state index is 6.02. The number of fused-ring (bicyclic) bond motifs is 8. The van der Waals surface area contributed by atoms with Crippen molar-refractivity contribution in [3.63, 3.8) is 0 Å². The molecule has 0 unspecified atom stereocenters. The van der Waals surface area contributed by atoms with Gasteiger partial charge in [-0.2, -0.15) is 0 Å². The maximum Gasteiger partial charge on any atom is 0.713 e. The summed E-state index contributed by atoms with van der Waals surface area (Å²) in [6, 6.07) is 4.11. The minimum atomic E-state index is -0.682. The van der Waals surface area contributed by atoms with Crippen molar-refractivity contribution in [1.29, 1.82) is 0 Å². The minimum absolute atomic E-state index is 0.590. The Labute approximate surface area is 153 Å². The molecule has 0 radical (unpaired) electrons. The van der Waals surface area contributed by atoms with E-state index in [1.807, 2.05) is 6.07 Å². The number of rotatable bonds is 0. The normalized spacial score (nSPS) is 24.5. The van der Waals surface area contributed by atoms with Crippen molar-refractivity contribution in [2.24, 2.45) is 0 Å². The van der Waals surface area contributed by atoms with Crippen molar-refractivity contribution in [2.45, 2.75) is 13.1 Å². The van der Waals surface area contributed by atoms with Crippen LogP contribution in [0.15, 0.2) is 12.1 Å². The molecule has 2 saturated heterocycles. The van der Waals surface area contributed by atoms with E-state index in [0.29, 0.717) is 26.4 Å². The molecule has 1 aromatic carbocycles. The third-order valence-corrected chi connectivity index (χ3v) is 5.12. The topological polar surface area (TPSA) is 61.9 Å². The molecular formula is C16H22B2N2O6. The molecule has 1 aromatic rings. The first-order valence-electron chi connectivity index (χ1n) is 9.24. The van der Waals surface area contributed by atoms with Crippen LogP contribution in [-0.2, 0) is 31.7 Å². The Morgan fingerprint density at radius 2 is 1.04 bits per heavy atom. The highest BCUT2D eigenvalue weighted by Gasteiger charge is 2.34. The molecule has 138 valence electrons. The summed E-state index contributed by atoms with van der Waals surface area (Å²) < 4.78 is 34.8. The first-order chi connectivity index (χ1) is 12.8. The highest BCUT2D eigenvalue weighted by Crippen LogP contribution is 2.34. The van der Waals surface area contributed by atoms with Gasteiger partial charge in [0.1, 0.15) is 11.5 Å². The summed E-state index contributed by atoms with van der Waals surface area (Å²) in [6.07, 6.45) is 0. The molecule has 6 aliphatic rings. The Kier molecular flexibility index (Phi) is 4.78. The molecule has 0 spiro atoms. The van der Waals surface area contributed by atoms with Crippen molar-refractivity contribution in [3.05, 3.63) is 23.3 Å². The molecule has 0 amide bonds. The van der Waals surface area contributed by atoms with Gasteiger partial charge in [-0.25, -0.2) is 0 Å². The Bertz CT molecular complexity index is 544. The molecular weight excluding hydrogens is 338 g/mol. The maximum absolute atomic E-state index is 6.02. The summed E-state index contributed by atoms with van der Waals surface area (Å²) in [5.74, 6) is 1.46. The minimum Gasteiger partial charge on any atom is -0.511 e. The van der Waals surface area contributed by atoms with Crippen LogP contribution in [-0.4, -0.2) is 77.0 Å². The second kappa shape index (κ2) is 7.38. The molecule has 0 atom stereocenters. The van der Waals surface area contributed by atoms with E-state index < -0.39 is 14.6 Å². The summed E-state index contributed by atoms with van der Waals surface area (Å²) in [4.78, 5) is 4.66. The second-order valence-electron chi connectivity index (χ2n) is 6.92. The van der Waals surface area contributed by atoms with Crippen molar-refractivity contribution in [2.75, 3.05) is 52.6 Å². The lowest BCUT2D eigenvalue weighted by Crippen LogP contribution is -2.39. The fraction of sp³-hybridized carbons (Fsp3) is 0.625. The zero-order valence-electron chi connectivity index (χ0n) is 14.7. The Balaban J connectivity index is 1.53. The van der Waals surface area contributed by atoms with Crippen LogP contribution in [0.3, 0.4) is 0 Å². The molecule has 0 saturated carbocycles. The average Bonchev–Trinajstić information content (AvgIpc) is 2.80. The fourth-order valence-electron chi connectivity index (χ4n) is 3.70. The number of nitrogens with zero attached hydrogens (tertiary/aromatic N) is 2. The van der Waals surface area contributed by atoms with Gasteiger partial charge in [-0.15, -0.1) is 0 Å². The SMILES string of the molecule is c1c2c(cc3c1CN1CCOB(OCC1)O3)OB1OCCN(CCO1)C2. The van der Waals surface area contributed by atoms with Gasteiger partial charge in [0.2, 0.25) is 0 Å². The molecule has 10 heteroatoms. The Morgan fingerprint density at radius 1 is 0.615 bits per heavy atom. The van der Waals surface area contributed by atoms with Gasteiger partial charge in [-0.1, -0.05) is 0 Å². The van der Waals surface area contributed by atoms with Gasteiger partial charge in [0.15, 0.2) is 0 Å². The van der Waals surface area contributed by atoms with Crippen molar-refractivity contribution < 1.29 is 27.9 Å². The second-order valence-corrected chi connectivity index (χ2v) is 6.92. The van der Waals surface area contributed by atoms with E-state index in [4.69, 9.17) is 27.9 Å². The largest absolute Gasteiger partial charge is 0.713 e. The lowest BCUT2D eigenvalue weighted by molar-refractivity contribution is 0.0822. The van der Waals surface area contributed by atoms with Gasteiger partial charge in [0.05, 0.1) is 0 Å². The van der Waals surface area contributed by atoms with E-state index in [2.05, 4.69) is 15.9 Å². The molecule has 2 fully saturated rings. The summed E-state index contributed by atoms with van der Waals surface area (Å²) in [5, 5.41) is 0. The summed E-state index contributed by atoms with van der Waals surface area (Å²) in [6.45, 7) is 7.44. The molecule has 0 aliphatic carbocycles. The third kappa shape index (κ3) is 3.58. The van der Waals surface area contributed by atoms with Crippen LogP contribution >= 0.6 is 0 Å². The van der Waals surface area contributed by atoms with E-state index in [9.17, 15) is 0 Å². The van der Waals surface area contributed by atoms with Crippen molar-refractivity contribution in [1.82, 2.24) is 9.80 Å². The zero-order valence-corrected chi connectivity index (χ0v) is 14.7. The van der Waals surface area contributed by atoms with Crippen molar-refractivity contribution in [3.8, 4) is 11.5 Å². The molecule has 4 bridgehead atoms. The van der Waals surface area contributed by atoms with Crippen LogP contribution < -0.4 is 9.31 Å². The van der Waals surface area contributed by atoms with E-state index in [1.165, 1.54) is 0 Å². The molecule has 0 N–H and O–H groups in total. The quantitative estimate of drug-likeness (QED) is 0.606. The van der Waals surface area contributed by atoms with Crippen LogP contribution in [0, 0.1) is 0 Å². The molecule has 0 aromatic heterocycles. The number of benzene rings is 1. The highest BCUT2D eigenvalue weighted by molar-refractivity contribution is 6.38. The van der Waals surface area contributed by atoms with Gasteiger partial charge >= 0.3 is 14.6 Å². The molecule has 8 nitrogen and oxygen atoms in total. The summed E-state index contributed by atoms with van der Waals surface area (Å²) >= 11 is 0. The summed E-state index contributed by atoms with van der Waals surface area (Å²) in [7, 11) is -1.36. The van der Waals surface area contributed by atoms with E-state index in [0.717, 1.165) is 61.9 Å². The van der Waals surface area contributed by atoms with Crippen molar-refractivity contribution >= 4 is 14.6 Å². The van der Waals surface area contributed by atoms with Crippen LogP contribution in [0.25, 0.3) is 0 Å². The highest BCUT2D eigenvalue weighted by atomic mass is 16.7. The molecule has 6 heterocycles. The Hall–Kier alpha value is -1.29. The molecule has 26 heavy (non-hydrogen) atoms. The van der Waals surface area contributed by atoms with Crippen LogP contribution in [0.4, 0.5) is 0 Å². The Morgan fingerprint density at radius 3 is 1.46 bits per heavy atom. The van der Waals surface area contributed by atoms with Crippen LogP contribution in [0.2, 0.25) is 0 Å². The third-order valence-electron chi connectivity index (χ3n) is 5.12. The van der Waals surface area contributed by atoms with E-state index in [1.54, 1.807) is 0 Å². The monoisotopic (exact) mass is 360 g/mol. The average molecular weight is 360 g/mol. The smallest absolute Gasteiger partial charge is 0.511 e. The van der Waals surface area contributed by atoms with Gasteiger partial charge in [-0.05, 0) is 6.07 Å². The number of hydrogen-bond acceptors (Lipinski definition) is 8. The predicted molar refractivity (Wildman–Crippen MR) is 93.6 cm³/mol. The standard InChI is InChI=1S/C16H22B2N2O6/c1-5-21-17-22-6-2-19(1)11-13-9-14-12-20-3-7-23-18(24-8-4-20)26-16(14)10-15(13)25-17/h9-10H,1-8,11-12H2. The number of hydrogen-bond donors (Lipinski definition) is 0. The van der Waals surface area contributed by atoms with Crippen LogP contribution in [0.1, 0.15) is 11.1 Å². The van der Waals surface area contributed by atoms with Gasteiger partial charge in [0.25, 0.3) is 0 Å². The summed E-state index contributed by atoms with van der Waals surface area (Å²) in [5.41, 5.74) is 2.26. The van der Waals surface area contributed by atoms with Gasteiger partial charge < -0.3 is 27.9 Å². The fourth-order valence-corrected chi connectivity index (χ4v) is 3.70. The predicted octanol–water partition coefficient (Wildman–Crippen LogP) is 0.139. The molecule has 6 aliphatic heterocycles. The zero-order chi connectivity index (χ0) is 17.3. The lowest BCUT2D eigenvalue weighted by Gasteiger charge is -2.24. The van der Waals surface area contributed by atoms with E-state index in [-0.39, 0.29) is 0 Å². The lowest BCUT2D eigenvalue weighted by atomic mass is 10.1. The van der Waals surface area contributed by atoms with E-state index >= 15 is 0 Å². The first-order valence-corrected chi connectivity index (χ1v) is 9.24. The first kappa shape index (κ1) is 16.9. The van der Waals surface area contributed by atoms with Gasteiger partial charge in [-0.3, -0.25) is 9.80 Å². The van der Waals surface area contributed by atoms with Gasteiger partial charge in [0, 0.05) is 82.9 Å².